The highest BCUT2D eigenvalue weighted by atomic mass is 35.5. The van der Waals surface area contributed by atoms with Crippen molar-refractivity contribution in [2.45, 2.75) is 25.7 Å². The molecule has 0 saturated carbocycles. The van der Waals surface area contributed by atoms with E-state index in [2.05, 4.69) is 36.2 Å². The van der Waals surface area contributed by atoms with Crippen molar-refractivity contribution in [1.29, 1.82) is 0 Å². The second-order valence-corrected chi connectivity index (χ2v) is 11.0. The van der Waals surface area contributed by atoms with Gasteiger partial charge >= 0.3 is 0 Å². The molecule has 1 fully saturated rings. The summed E-state index contributed by atoms with van der Waals surface area (Å²) in [6.07, 6.45) is 0. The molecule has 7 nitrogen and oxygen atoms in total. The first-order valence-corrected chi connectivity index (χ1v) is 13.7. The predicted octanol–water partition coefficient (Wildman–Crippen LogP) is 5.12. The summed E-state index contributed by atoms with van der Waals surface area (Å²) in [7, 11) is -3.76. The minimum absolute atomic E-state index is 0.109. The van der Waals surface area contributed by atoms with Gasteiger partial charge in [-0.1, -0.05) is 23.7 Å². The summed E-state index contributed by atoms with van der Waals surface area (Å²) >= 11 is 5.92. The molecule has 0 aliphatic carbocycles. The zero-order chi connectivity index (χ0) is 25.9. The van der Waals surface area contributed by atoms with Crippen LogP contribution in [0.15, 0.2) is 65.6 Å². The Balaban J connectivity index is 1.54. The molecule has 1 heterocycles. The largest absolute Gasteiger partial charge is 0.492 e. The number of amides is 1. The Bertz CT molecular complexity index is 1350. The molecule has 0 aromatic heterocycles. The highest BCUT2D eigenvalue weighted by Gasteiger charge is 2.30. The van der Waals surface area contributed by atoms with E-state index in [1.54, 1.807) is 30.3 Å². The van der Waals surface area contributed by atoms with Crippen LogP contribution >= 0.6 is 11.6 Å². The van der Waals surface area contributed by atoms with Crippen molar-refractivity contribution >= 4 is 38.9 Å². The normalized spacial score (nSPS) is 14.5. The van der Waals surface area contributed by atoms with Crippen LogP contribution in [0.3, 0.4) is 0 Å². The van der Waals surface area contributed by atoms with Crippen molar-refractivity contribution in [2.75, 3.05) is 43.0 Å². The molecule has 190 valence electrons. The SMILES string of the molecule is CCOc1ccc(S(=O)(=O)N2CCN(c3cccc(C)c3C)CC2)cc1NC(=O)c1ccc(Cl)cc1. The van der Waals surface area contributed by atoms with Crippen LogP contribution in [0.5, 0.6) is 5.75 Å². The Labute approximate surface area is 217 Å². The zero-order valence-electron chi connectivity index (χ0n) is 20.6. The van der Waals surface area contributed by atoms with Crippen LogP contribution in [-0.2, 0) is 10.0 Å². The number of nitrogens with one attached hydrogen (secondary N) is 1. The fourth-order valence-corrected chi connectivity index (χ4v) is 5.82. The standard InChI is InChI=1S/C27H30ClN3O4S/c1-4-35-26-13-12-23(18-24(26)29-27(32)21-8-10-22(28)11-9-21)36(33,34)31-16-14-30(15-17-31)25-7-5-6-19(2)20(25)3/h5-13,18H,4,14-17H2,1-3H3,(H,29,32). The fourth-order valence-electron chi connectivity index (χ4n) is 4.24. The molecule has 36 heavy (non-hydrogen) atoms. The molecule has 3 aromatic carbocycles. The number of anilines is 2. The minimum Gasteiger partial charge on any atom is -0.492 e. The molecule has 0 radical (unpaired) electrons. The highest BCUT2D eigenvalue weighted by Crippen LogP contribution is 2.31. The number of halogens is 1. The molecule has 0 unspecified atom stereocenters. The van der Waals surface area contributed by atoms with E-state index in [-0.39, 0.29) is 10.8 Å². The molecule has 1 N–H and O–H groups in total. The van der Waals surface area contributed by atoms with Gasteiger partial charge in [0.05, 0.1) is 17.2 Å². The van der Waals surface area contributed by atoms with Crippen molar-refractivity contribution in [3.05, 3.63) is 82.4 Å². The zero-order valence-corrected chi connectivity index (χ0v) is 22.2. The van der Waals surface area contributed by atoms with E-state index < -0.39 is 10.0 Å². The molecule has 0 bridgehead atoms. The Morgan fingerprint density at radius 2 is 1.69 bits per heavy atom. The van der Waals surface area contributed by atoms with Crippen LogP contribution in [0, 0.1) is 13.8 Å². The number of ether oxygens (including phenoxy) is 1. The molecule has 1 saturated heterocycles. The van der Waals surface area contributed by atoms with Gasteiger partial charge in [-0.25, -0.2) is 8.42 Å². The molecule has 4 rings (SSSR count). The number of carbonyl (C=O) groups excluding carboxylic acids is 1. The maximum absolute atomic E-state index is 13.5. The number of carbonyl (C=O) groups is 1. The maximum atomic E-state index is 13.5. The van der Waals surface area contributed by atoms with E-state index >= 15 is 0 Å². The van der Waals surface area contributed by atoms with Gasteiger partial charge in [0.1, 0.15) is 5.75 Å². The second kappa shape index (κ2) is 10.9. The van der Waals surface area contributed by atoms with Gasteiger partial charge in [-0.3, -0.25) is 4.79 Å². The van der Waals surface area contributed by atoms with Crippen LogP contribution in [0.4, 0.5) is 11.4 Å². The first kappa shape index (κ1) is 26.0. The molecule has 3 aromatic rings. The number of hydrogen-bond donors (Lipinski definition) is 1. The summed E-state index contributed by atoms with van der Waals surface area (Å²) in [4.78, 5) is 15.1. The predicted molar refractivity (Wildman–Crippen MR) is 144 cm³/mol. The first-order chi connectivity index (χ1) is 17.2. The maximum Gasteiger partial charge on any atom is 0.255 e. The summed E-state index contributed by atoms with van der Waals surface area (Å²) in [6.45, 7) is 8.30. The Morgan fingerprint density at radius 3 is 2.36 bits per heavy atom. The Hall–Kier alpha value is -3.07. The lowest BCUT2D eigenvalue weighted by Gasteiger charge is -2.36. The molecule has 1 amide bonds. The van der Waals surface area contributed by atoms with Crippen LogP contribution in [0.25, 0.3) is 0 Å². The third kappa shape index (κ3) is 5.51. The van der Waals surface area contributed by atoms with Gasteiger partial charge in [-0.15, -0.1) is 0 Å². The summed E-state index contributed by atoms with van der Waals surface area (Å²) < 4.78 is 34.1. The lowest BCUT2D eigenvalue weighted by atomic mass is 10.1. The van der Waals surface area contributed by atoms with E-state index in [9.17, 15) is 13.2 Å². The minimum atomic E-state index is -3.76. The Kier molecular flexibility index (Phi) is 7.88. The van der Waals surface area contributed by atoms with Crippen LogP contribution in [-0.4, -0.2) is 51.4 Å². The number of sulfonamides is 1. The van der Waals surface area contributed by atoms with Crippen molar-refractivity contribution in [1.82, 2.24) is 4.31 Å². The van der Waals surface area contributed by atoms with Crippen LogP contribution < -0.4 is 15.0 Å². The molecule has 9 heteroatoms. The molecule has 1 aliphatic rings. The van der Waals surface area contributed by atoms with Gasteiger partial charge < -0.3 is 15.0 Å². The van der Waals surface area contributed by atoms with Crippen molar-refractivity contribution in [3.63, 3.8) is 0 Å². The Morgan fingerprint density at radius 1 is 1.00 bits per heavy atom. The lowest BCUT2D eigenvalue weighted by Crippen LogP contribution is -2.48. The fraction of sp³-hybridized carbons (Fsp3) is 0.296. The van der Waals surface area contributed by atoms with E-state index in [4.69, 9.17) is 16.3 Å². The monoisotopic (exact) mass is 527 g/mol. The van der Waals surface area contributed by atoms with Crippen molar-refractivity contribution in [3.8, 4) is 5.75 Å². The van der Waals surface area contributed by atoms with Crippen molar-refractivity contribution < 1.29 is 17.9 Å². The molecule has 0 spiro atoms. The number of aryl methyl sites for hydroxylation is 1. The van der Waals surface area contributed by atoms with Crippen LogP contribution in [0.2, 0.25) is 5.02 Å². The lowest BCUT2D eigenvalue weighted by molar-refractivity contribution is 0.102. The average Bonchev–Trinajstić information content (AvgIpc) is 2.87. The van der Waals surface area contributed by atoms with Gasteiger partial charge in [-0.2, -0.15) is 4.31 Å². The number of benzene rings is 3. The van der Waals surface area contributed by atoms with Gasteiger partial charge in [-0.05, 0) is 80.4 Å². The molecular formula is C27H30ClN3O4S. The van der Waals surface area contributed by atoms with Gasteiger partial charge in [0.2, 0.25) is 10.0 Å². The summed E-state index contributed by atoms with van der Waals surface area (Å²) in [5.41, 5.74) is 4.26. The molecule has 0 atom stereocenters. The van der Waals surface area contributed by atoms with E-state index in [1.807, 2.05) is 13.0 Å². The van der Waals surface area contributed by atoms with E-state index in [1.165, 1.54) is 27.6 Å². The number of nitrogens with zero attached hydrogens (tertiary/aromatic N) is 2. The molecule has 1 aliphatic heterocycles. The number of hydrogen-bond acceptors (Lipinski definition) is 5. The van der Waals surface area contributed by atoms with Gasteiger partial charge in [0.15, 0.2) is 0 Å². The van der Waals surface area contributed by atoms with Crippen molar-refractivity contribution in [2.24, 2.45) is 0 Å². The summed E-state index contributed by atoms with van der Waals surface area (Å²) in [5, 5.41) is 3.31. The summed E-state index contributed by atoms with van der Waals surface area (Å²) in [6, 6.07) is 17.2. The third-order valence-corrected chi connectivity index (χ3v) is 8.55. The van der Waals surface area contributed by atoms with Gasteiger partial charge in [0.25, 0.3) is 5.91 Å². The topological polar surface area (TPSA) is 79.0 Å². The molecular weight excluding hydrogens is 498 g/mol. The number of piperazine rings is 1. The smallest absolute Gasteiger partial charge is 0.255 e. The number of rotatable bonds is 7. The summed E-state index contributed by atoms with van der Waals surface area (Å²) in [5.74, 6) is 0.0165. The van der Waals surface area contributed by atoms with Crippen LogP contribution in [0.1, 0.15) is 28.4 Å². The highest BCUT2D eigenvalue weighted by molar-refractivity contribution is 7.89. The van der Waals surface area contributed by atoms with E-state index in [0.717, 1.165) is 5.69 Å². The van der Waals surface area contributed by atoms with Gasteiger partial charge in [0, 0.05) is 42.5 Å². The average molecular weight is 528 g/mol. The third-order valence-electron chi connectivity index (χ3n) is 6.40. The second-order valence-electron chi connectivity index (χ2n) is 8.66. The first-order valence-electron chi connectivity index (χ1n) is 11.9. The van der Waals surface area contributed by atoms with E-state index in [0.29, 0.717) is 54.8 Å². The quantitative estimate of drug-likeness (QED) is 0.461.